The first-order valence-corrected chi connectivity index (χ1v) is 9.01. The molecule has 29 heavy (non-hydrogen) atoms. The molecule has 6 nitrogen and oxygen atoms in total. The molecule has 0 unspecified atom stereocenters. The highest BCUT2D eigenvalue weighted by molar-refractivity contribution is 5.91. The van der Waals surface area contributed by atoms with E-state index in [0.29, 0.717) is 5.75 Å². The van der Waals surface area contributed by atoms with Crippen molar-refractivity contribution in [2.75, 3.05) is 13.7 Å². The molecule has 0 aliphatic rings. The maximum atomic E-state index is 12.5. The lowest BCUT2D eigenvalue weighted by atomic mass is 9.98. The highest BCUT2D eigenvalue weighted by Crippen LogP contribution is 2.24. The Morgan fingerprint density at radius 1 is 0.931 bits per heavy atom. The Kier molecular flexibility index (Phi) is 6.47. The molecule has 0 saturated carbocycles. The lowest BCUT2D eigenvalue weighted by Crippen LogP contribution is -2.33. The van der Waals surface area contributed by atoms with Crippen LogP contribution in [0.2, 0.25) is 0 Å². The first kappa shape index (κ1) is 19.9. The van der Waals surface area contributed by atoms with Crippen molar-refractivity contribution in [3.8, 4) is 11.5 Å². The fourth-order valence-corrected chi connectivity index (χ4v) is 2.85. The number of phenolic OH excluding ortho intramolecular Hbond substituents is 1. The fraction of sp³-hybridized carbons (Fsp3) is 0.130. The fourth-order valence-electron chi connectivity index (χ4n) is 2.85. The minimum atomic E-state index is -0.684. The maximum Gasteiger partial charge on any atom is 0.338 e. The van der Waals surface area contributed by atoms with Crippen LogP contribution in [0.4, 0.5) is 0 Å². The second-order valence-corrected chi connectivity index (χ2v) is 6.31. The Bertz CT molecular complexity index is 970. The van der Waals surface area contributed by atoms with Gasteiger partial charge in [-0.05, 0) is 41.5 Å². The number of phenols is 1. The van der Waals surface area contributed by atoms with Gasteiger partial charge in [0.1, 0.15) is 11.5 Å². The number of benzene rings is 3. The van der Waals surface area contributed by atoms with Crippen molar-refractivity contribution >= 4 is 11.9 Å². The molecule has 0 spiro atoms. The lowest BCUT2D eigenvalue weighted by molar-refractivity contribution is -0.124. The van der Waals surface area contributed by atoms with Crippen LogP contribution >= 0.6 is 0 Å². The number of rotatable bonds is 7. The van der Waals surface area contributed by atoms with Crippen molar-refractivity contribution in [3.63, 3.8) is 0 Å². The zero-order chi connectivity index (χ0) is 20.6. The van der Waals surface area contributed by atoms with Crippen LogP contribution in [0.3, 0.4) is 0 Å². The highest BCUT2D eigenvalue weighted by atomic mass is 16.5. The number of carbonyl (C=O) groups excluding carboxylic acids is 2. The van der Waals surface area contributed by atoms with E-state index < -0.39 is 24.5 Å². The summed E-state index contributed by atoms with van der Waals surface area (Å²) in [6, 6.07) is 22.2. The number of ether oxygens (including phenoxy) is 2. The van der Waals surface area contributed by atoms with Crippen molar-refractivity contribution in [1.82, 2.24) is 5.32 Å². The van der Waals surface area contributed by atoms with Crippen LogP contribution in [-0.4, -0.2) is 30.7 Å². The van der Waals surface area contributed by atoms with Crippen molar-refractivity contribution in [3.05, 3.63) is 95.6 Å². The number of carbonyl (C=O) groups is 2. The predicted molar refractivity (Wildman–Crippen MR) is 108 cm³/mol. The minimum absolute atomic E-state index is 0.0486. The third-order valence-electron chi connectivity index (χ3n) is 4.30. The van der Waals surface area contributed by atoms with Gasteiger partial charge in [0.2, 0.25) is 0 Å². The Balaban J connectivity index is 1.70. The molecule has 0 fully saturated rings. The Morgan fingerprint density at radius 3 is 2.28 bits per heavy atom. The quantitative estimate of drug-likeness (QED) is 0.603. The zero-order valence-corrected chi connectivity index (χ0v) is 15.9. The van der Waals surface area contributed by atoms with Gasteiger partial charge in [-0.2, -0.15) is 0 Å². The van der Waals surface area contributed by atoms with E-state index in [1.165, 1.54) is 24.3 Å². The van der Waals surface area contributed by atoms with Gasteiger partial charge in [-0.3, -0.25) is 4.79 Å². The maximum absolute atomic E-state index is 12.5. The number of hydrogen-bond acceptors (Lipinski definition) is 5. The van der Waals surface area contributed by atoms with Crippen LogP contribution in [-0.2, 0) is 9.53 Å². The van der Waals surface area contributed by atoms with Gasteiger partial charge < -0.3 is 19.9 Å². The highest BCUT2D eigenvalue weighted by Gasteiger charge is 2.18. The van der Waals surface area contributed by atoms with E-state index in [0.717, 1.165) is 11.1 Å². The average molecular weight is 391 g/mol. The molecule has 3 rings (SSSR count). The number of aromatic hydroxyl groups is 1. The van der Waals surface area contributed by atoms with Gasteiger partial charge >= 0.3 is 5.97 Å². The van der Waals surface area contributed by atoms with Crippen LogP contribution < -0.4 is 10.1 Å². The molecule has 0 aliphatic carbocycles. The summed E-state index contributed by atoms with van der Waals surface area (Å²) in [5.41, 5.74) is 1.93. The van der Waals surface area contributed by atoms with Crippen molar-refractivity contribution in [2.24, 2.45) is 0 Å². The molecule has 0 aromatic heterocycles. The molecule has 3 aromatic rings. The normalized spacial score (nSPS) is 11.3. The molecule has 0 saturated heterocycles. The van der Waals surface area contributed by atoms with Crippen LogP contribution in [0.5, 0.6) is 11.5 Å². The zero-order valence-electron chi connectivity index (χ0n) is 15.9. The average Bonchev–Trinajstić information content (AvgIpc) is 2.76. The van der Waals surface area contributed by atoms with Crippen LogP contribution in [0.25, 0.3) is 0 Å². The summed E-state index contributed by atoms with van der Waals surface area (Å²) in [4.78, 5) is 24.5. The summed E-state index contributed by atoms with van der Waals surface area (Å²) < 4.78 is 10.3. The molecule has 1 amide bonds. The summed E-state index contributed by atoms with van der Waals surface area (Å²) in [5, 5.41) is 12.4. The van der Waals surface area contributed by atoms with Crippen molar-refractivity contribution in [2.45, 2.75) is 6.04 Å². The van der Waals surface area contributed by atoms with Gasteiger partial charge in [0.25, 0.3) is 5.91 Å². The SMILES string of the molecule is COc1ccc([C@H](NC(=O)COC(=O)c2cccc(O)c2)c2ccccc2)cc1. The Morgan fingerprint density at radius 2 is 1.62 bits per heavy atom. The van der Waals surface area contributed by atoms with E-state index in [1.54, 1.807) is 7.11 Å². The summed E-state index contributed by atoms with van der Waals surface area (Å²) in [7, 11) is 1.59. The molecule has 2 N–H and O–H groups in total. The summed E-state index contributed by atoms with van der Waals surface area (Å²) in [5.74, 6) is -0.459. The van der Waals surface area contributed by atoms with Gasteiger partial charge in [-0.15, -0.1) is 0 Å². The second-order valence-electron chi connectivity index (χ2n) is 6.31. The van der Waals surface area contributed by atoms with E-state index in [9.17, 15) is 14.7 Å². The molecular formula is C23H21NO5. The van der Waals surface area contributed by atoms with E-state index in [2.05, 4.69) is 5.32 Å². The minimum Gasteiger partial charge on any atom is -0.508 e. The van der Waals surface area contributed by atoms with Crippen LogP contribution in [0.15, 0.2) is 78.9 Å². The molecule has 3 aromatic carbocycles. The third kappa shape index (κ3) is 5.35. The van der Waals surface area contributed by atoms with E-state index >= 15 is 0 Å². The van der Waals surface area contributed by atoms with E-state index in [1.807, 2.05) is 54.6 Å². The number of methoxy groups -OCH3 is 1. The smallest absolute Gasteiger partial charge is 0.338 e. The molecular weight excluding hydrogens is 370 g/mol. The molecule has 0 radical (unpaired) electrons. The van der Waals surface area contributed by atoms with Gasteiger partial charge in [-0.1, -0.05) is 48.5 Å². The molecule has 148 valence electrons. The molecule has 1 atom stereocenters. The van der Waals surface area contributed by atoms with Crippen LogP contribution in [0.1, 0.15) is 27.5 Å². The number of hydrogen-bond donors (Lipinski definition) is 2. The van der Waals surface area contributed by atoms with Gasteiger partial charge in [0.15, 0.2) is 6.61 Å². The van der Waals surface area contributed by atoms with Crippen molar-refractivity contribution in [1.29, 1.82) is 0 Å². The van der Waals surface area contributed by atoms with Gasteiger partial charge in [0, 0.05) is 0 Å². The predicted octanol–water partition coefficient (Wildman–Crippen LogP) is 3.46. The first-order valence-electron chi connectivity index (χ1n) is 9.01. The number of esters is 1. The van der Waals surface area contributed by atoms with Crippen molar-refractivity contribution < 1.29 is 24.2 Å². The van der Waals surface area contributed by atoms with Crippen LogP contribution in [0, 0.1) is 0 Å². The molecule has 0 heterocycles. The van der Waals surface area contributed by atoms with E-state index in [-0.39, 0.29) is 11.3 Å². The van der Waals surface area contributed by atoms with E-state index in [4.69, 9.17) is 9.47 Å². The lowest BCUT2D eigenvalue weighted by Gasteiger charge is -2.20. The summed E-state index contributed by atoms with van der Waals surface area (Å²) in [6.07, 6.45) is 0. The third-order valence-corrected chi connectivity index (χ3v) is 4.30. The number of nitrogens with one attached hydrogen (secondary N) is 1. The monoisotopic (exact) mass is 391 g/mol. The molecule has 6 heteroatoms. The largest absolute Gasteiger partial charge is 0.508 e. The summed E-state index contributed by atoms with van der Waals surface area (Å²) in [6.45, 7) is -0.437. The molecule has 0 aliphatic heterocycles. The first-order chi connectivity index (χ1) is 14.1. The van der Waals surface area contributed by atoms with Gasteiger partial charge in [0.05, 0.1) is 18.7 Å². The standard InChI is InChI=1S/C23H21NO5/c1-28-20-12-10-17(11-13-20)22(16-6-3-2-4-7-16)24-21(26)15-29-23(27)18-8-5-9-19(25)14-18/h2-14,22,25H,15H2,1H3,(H,24,26)/t22-/m1/s1. The molecule has 0 bridgehead atoms. The second kappa shape index (κ2) is 9.41. The number of amides is 1. The topological polar surface area (TPSA) is 84.9 Å². The Labute approximate surface area is 168 Å². The Hall–Kier alpha value is -3.80. The summed E-state index contributed by atoms with van der Waals surface area (Å²) >= 11 is 0. The van der Waals surface area contributed by atoms with Gasteiger partial charge in [-0.25, -0.2) is 4.79 Å².